The summed E-state index contributed by atoms with van der Waals surface area (Å²) >= 11 is 0. The van der Waals surface area contributed by atoms with Gasteiger partial charge in [-0.15, -0.1) is 0 Å². The number of rotatable bonds is 2. The van der Waals surface area contributed by atoms with Gasteiger partial charge in [0.15, 0.2) is 11.9 Å². The number of alkyl halides is 2. The van der Waals surface area contributed by atoms with E-state index >= 15 is 4.39 Å². The average Bonchev–Trinajstić information content (AvgIpc) is 3.05. The molecule has 0 bridgehead atoms. The number of nitrogens with one attached hydrogen (secondary N) is 1. The topological polar surface area (TPSA) is 126 Å². The zero-order chi connectivity index (χ0) is 19.3. The van der Waals surface area contributed by atoms with Crippen molar-refractivity contribution in [1.29, 1.82) is 0 Å². The van der Waals surface area contributed by atoms with Gasteiger partial charge in [0.05, 0.1) is 14.7 Å². The number of halogens is 2. The minimum atomic E-state index is -3.12. The van der Waals surface area contributed by atoms with Crippen LogP contribution in [-0.4, -0.2) is 55.9 Å². The van der Waals surface area contributed by atoms with Crippen LogP contribution in [0.3, 0.4) is 0 Å². The van der Waals surface area contributed by atoms with Gasteiger partial charge in [-0.1, -0.05) is 11.8 Å². The quantitative estimate of drug-likeness (QED) is 0.532. The Morgan fingerprint density at radius 2 is 2.42 bits per heavy atom. The van der Waals surface area contributed by atoms with Crippen molar-refractivity contribution in [2.75, 3.05) is 19.0 Å². The smallest absolute Gasteiger partial charge is 0.261 e. The summed E-state index contributed by atoms with van der Waals surface area (Å²) in [5.74, 6) is 3.45. The van der Waals surface area contributed by atoms with Crippen molar-refractivity contribution < 1.29 is 26.5 Å². The molecule has 1 fully saturated rings. The van der Waals surface area contributed by atoms with E-state index in [1.54, 1.807) is 0 Å². The standard InChI is InChI=1S/C14H14F2N4O4/c15-4-1-3-14(16)9(22)8(6-21)24-12(14)20-5-2-7-10(20)18-13(17)19-11(7)23/h2,5,8-9,12,21-22H,4,6H2,(H3,17,18,19,23)/t8-,9+,12-,14?/m1/s1/i6D2. The van der Waals surface area contributed by atoms with E-state index in [9.17, 15) is 19.4 Å². The van der Waals surface area contributed by atoms with Crippen LogP contribution in [0.15, 0.2) is 17.1 Å². The fourth-order valence-electron chi connectivity index (χ4n) is 2.60. The molecule has 0 saturated carbocycles. The van der Waals surface area contributed by atoms with Crippen LogP contribution in [0.4, 0.5) is 14.7 Å². The zero-order valence-electron chi connectivity index (χ0n) is 14.0. The number of aliphatic hydroxyl groups excluding tert-OH is 1. The summed E-state index contributed by atoms with van der Waals surface area (Å²) in [4.78, 5) is 18.0. The van der Waals surface area contributed by atoms with Gasteiger partial charge in [-0.3, -0.25) is 9.78 Å². The van der Waals surface area contributed by atoms with Gasteiger partial charge in [0.2, 0.25) is 11.6 Å². The van der Waals surface area contributed by atoms with Crippen molar-refractivity contribution >= 4 is 17.0 Å². The molecule has 2 aromatic rings. The maximum Gasteiger partial charge on any atom is 0.261 e. The van der Waals surface area contributed by atoms with Crippen molar-refractivity contribution in [1.82, 2.24) is 14.5 Å². The van der Waals surface area contributed by atoms with Gasteiger partial charge < -0.3 is 25.3 Å². The first-order chi connectivity index (χ1) is 12.1. The lowest BCUT2D eigenvalue weighted by Gasteiger charge is -2.24. The fourth-order valence-corrected chi connectivity index (χ4v) is 2.60. The lowest BCUT2D eigenvalue weighted by Crippen LogP contribution is -2.42. The molecule has 1 unspecified atom stereocenters. The molecule has 0 amide bonds. The molecule has 2 aromatic heterocycles. The first kappa shape index (κ1) is 13.9. The molecule has 10 heteroatoms. The first-order valence-corrected chi connectivity index (χ1v) is 6.76. The molecule has 0 radical (unpaired) electrons. The summed E-state index contributed by atoms with van der Waals surface area (Å²) in [5.41, 5.74) is 1.76. The summed E-state index contributed by atoms with van der Waals surface area (Å²) in [6.07, 6.45) is -4.90. The van der Waals surface area contributed by atoms with Gasteiger partial charge in [-0.05, 0) is 6.07 Å². The highest BCUT2D eigenvalue weighted by Gasteiger charge is 2.57. The summed E-state index contributed by atoms with van der Waals surface area (Å²) in [6, 6.07) is 1.28. The van der Waals surface area contributed by atoms with E-state index in [2.05, 4.69) is 9.97 Å². The molecular formula is C14H14F2N4O4. The number of nitrogen functional groups attached to an aromatic ring is 1. The van der Waals surface area contributed by atoms with Crippen LogP contribution in [0.25, 0.3) is 11.0 Å². The van der Waals surface area contributed by atoms with Crippen molar-refractivity contribution in [3.8, 4) is 11.8 Å². The minimum absolute atomic E-state index is 0.0218. The van der Waals surface area contributed by atoms with Gasteiger partial charge in [-0.25, -0.2) is 8.78 Å². The Hall–Kier alpha value is -2.48. The number of aliphatic hydroxyl groups is 2. The second-order valence-corrected chi connectivity index (χ2v) is 5.10. The van der Waals surface area contributed by atoms with Gasteiger partial charge in [0.25, 0.3) is 5.56 Å². The molecule has 0 aromatic carbocycles. The van der Waals surface area contributed by atoms with E-state index in [1.165, 1.54) is 12.3 Å². The van der Waals surface area contributed by atoms with Crippen LogP contribution in [-0.2, 0) is 4.74 Å². The predicted molar refractivity (Wildman–Crippen MR) is 79.4 cm³/mol. The van der Waals surface area contributed by atoms with Gasteiger partial charge >= 0.3 is 0 Å². The Morgan fingerprint density at radius 1 is 1.67 bits per heavy atom. The Kier molecular flexibility index (Phi) is 3.40. The summed E-state index contributed by atoms with van der Waals surface area (Å²) < 4.78 is 48.7. The summed E-state index contributed by atoms with van der Waals surface area (Å²) in [5, 5.41) is 19.7. The molecule has 0 spiro atoms. The third kappa shape index (κ3) is 2.34. The van der Waals surface area contributed by atoms with E-state index < -0.39 is 42.9 Å². The maximum atomic E-state index is 15.5. The van der Waals surface area contributed by atoms with E-state index in [-0.39, 0.29) is 17.0 Å². The van der Waals surface area contributed by atoms with Crippen LogP contribution < -0.4 is 11.3 Å². The Balaban J connectivity index is 2.20. The Morgan fingerprint density at radius 3 is 3.08 bits per heavy atom. The van der Waals surface area contributed by atoms with Crippen LogP contribution in [0.1, 0.15) is 8.97 Å². The van der Waals surface area contributed by atoms with Crippen molar-refractivity contribution in [2.45, 2.75) is 24.1 Å². The Labute approximate surface area is 136 Å². The zero-order valence-corrected chi connectivity index (χ0v) is 12.0. The number of hydrogen-bond acceptors (Lipinski definition) is 6. The monoisotopic (exact) mass is 342 g/mol. The normalized spacial score (nSPS) is 31.4. The van der Waals surface area contributed by atoms with E-state index in [1.807, 2.05) is 11.8 Å². The average molecular weight is 342 g/mol. The molecular weight excluding hydrogens is 326 g/mol. The molecule has 3 heterocycles. The van der Waals surface area contributed by atoms with Crippen molar-refractivity contribution in [2.24, 2.45) is 0 Å². The molecule has 5 N–H and O–H groups in total. The van der Waals surface area contributed by atoms with E-state index in [0.29, 0.717) is 0 Å². The summed E-state index contributed by atoms with van der Waals surface area (Å²) in [6.45, 7) is -4.34. The molecule has 3 rings (SSSR count). The van der Waals surface area contributed by atoms with Gasteiger partial charge in [0.1, 0.15) is 18.9 Å². The fraction of sp³-hybridized carbons (Fsp3) is 0.429. The number of anilines is 1. The molecule has 1 aliphatic rings. The van der Waals surface area contributed by atoms with E-state index in [4.69, 9.17) is 13.2 Å². The van der Waals surface area contributed by atoms with Crippen LogP contribution in [0, 0.1) is 11.8 Å². The lowest BCUT2D eigenvalue weighted by atomic mass is 9.96. The largest absolute Gasteiger partial charge is 0.394 e. The number of H-pyrrole nitrogens is 1. The SMILES string of the molecule is [2H]C([2H])(O)[C@H]1O[C@@H](n2ccc3c(=O)[nH]c(N)nc32)C(F)(C#CCF)[C@H]1O. The third-order valence-corrected chi connectivity index (χ3v) is 3.68. The second-order valence-electron chi connectivity index (χ2n) is 5.10. The van der Waals surface area contributed by atoms with Gasteiger partial charge in [0, 0.05) is 6.20 Å². The predicted octanol–water partition coefficient (Wildman–Crippen LogP) is -0.761. The highest BCUT2D eigenvalue weighted by molar-refractivity contribution is 5.76. The number of aromatic amines is 1. The van der Waals surface area contributed by atoms with Crippen LogP contribution in [0.2, 0.25) is 0 Å². The van der Waals surface area contributed by atoms with E-state index in [0.717, 1.165) is 4.57 Å². The maximum absolute atomic E-state index is 15.5. The molecule has 4 atom stereocenters. The number of fused-ring (bicyclic) bond motifs is 1. The number of hydrogen-bond donors (Lipinski definition) is 4. The minimum Gasteiger partial charge on any atom is -0.394 e. The second kappa shape index (κ2) is 5.86. The number of aromatic nitrogens is 3. The summed E-state index contributed by atoms with van der Waals surface area (Å²) in [7, 11) is 0. The lowest BCUT2D eigenvalue weighted by molar-refractivity contribution is -0.0501. The molecule has 128 valence electrons. The van der Waals surface area contributed by atoms with Crippen LogP contribution in [0.5, 0.6) is 0 Å². The number of nitrogens with zero attached hydrogens (tertiary/aromatic N) is 2. The number of nitrogens with two attached hydrogens (primary N) is 1. The molecule has 1 saturated heterocycles. The van der Waals surface area contributed by atoms with Crippen molar-refractivity contribution in [3.63, 3.8) is 0 Å². The number of ether oxygens (including phenoxy) is 1. The van der Waals surface area contributed by atoms with Gasteiger partial charge in [-0.2, -0.15) is 4.98 Å². The molecule has 0 aliphatic carbocycles. The third-order valence-electron chi connectivity index (χ3n) is 3.68. The molecule has 24 heavy (non-hydrogen) atoms. The highest BCUT2D eigenvalue weighted by atomic mass is 19.1. The molecule has 8 nitrogen and oxygen atoms in total. The first-order valence-electron chi connectivity index (χ1n) is 7.76. The molecule has 1 aliphatic heterocycles. The Bertz CT molecular complexity index is 964. The highest BCUT2D eigenvalue weighted by Crippen LogP contribution is 2.42. The van der Waals surface area contributed by atoms with Crippen molar-refractivity contribution in [3.05, 3.63) is 22.6 Å². The van der Waals surface area contributed by atoms with Crippen LogP contribution >= 0.6 is 0 Å².